The molecule has 168 valence electrons. The summed E-state index contributed by atoms with van der Waals surface area (Å²) in [5.74, 6) is 1.41. The zero-order valence-electron chi connectivity index (χ0n) is 18.5. The Bertz CT molecular complexity index is 1340. The number of fused-ring (bicyclic) bond motifs is 1. The number of furan rings is 1. The topological polar surface area (TPSA) is 68.5 Å². The van der Waals surface area contributed by atoms with Gasteiger partial charge in [-0.05, 0) is 64.4 Å². The Labute approximate surface area is 197 Å². The summed E-state index contributed by atoms with van der Waals surface area (Å²) in [6.45, 7) is 1.08. The van der Waals surface area contributed by atoms with Gasteiger partial charge in [-0.3, -0.25) is 14.8 Å². The summed E-state index contributed by atoms with van der Waals surface area (Å²) in [7, 11) is 0. The van der Waals surface area contributed by atoms with Crippen LogP contribution in [0.1, 0.15) is 27.4 Å². The van der Waals surface area contributed by atoms with E-state index in [0.29, 0.717) is 18.8 Å². The van der Waals surface area contributed by atoms with Crippen LogP contribution in [0.25, 0.3) is 10.8 Å². The van der Waals surface area contributed by atoms with Crippen LogP contribution in [0.4, 0.5) is 0 Å². The second-order valence-electron chi connectivity index (χ2n) is 7.94. The number of carbonyl (C=O) groups excluding carboxylic acids is 1. The molecule has 0 radical (unpaired) electrons. The molecule has 3 aromatic heterocycles. The average Bonchev–Trinajstić information content (AvgIpc) is 3.37. The quantitative estimate of drug-likeness (QED) is 0.306. The van der Waals surface area contributed by atoms with E-state index in [0.717, 1.165) is 27.6 Å². The first kappa shape index (κ1) is 21.4. The molecule has 0 atom stereocenters. The van der Waals surface area contributed by atoms with E-state index in [1.807, 2.05) is 60.7 Å². The molecule has 34 heavy (non-hydrogen) atoms. The van der Waals surface area contributed by atoms with E-state index < -0.39 is 0 Å². The van der Waals surface area contributed by atoms with Gasteiger partial charge >= 0.3 is 0 Å². The molecule has 0 unspecified atom stereocenters. The van der Waals surface area contributed by atoms with Crippen molar-refractivity contribution in [2.75, 3.05) is 0 Å². The molecule has 5 aromatic rings. The van der Waals surface area contributed by atoms with E-state index in [1.54, 1.807) is 41.8 Å². The third-order valence-corrected chi connectivity index (χ3v) is 5.48. The number of pyridine rings is 2. The summed E-state index contributed by atoms with van der Waals surface area (Å²) in [5.41, 5.74) is 1.93. The summed E-state index contributed by atoms with van der Waals surface area (Å²) < 4.78 is 11.8. The molecule has 0 fully saturated rings. The normalized spacial score (nSPS) is 10.8. The van der Waals surface area contributed by atoms with E-state index in [4.69, 9.17) is 9.15 Å². The fourth-order valence-corrected chi connectivity index (χ4v) is 3.76. The predicted octanol–water partition coefficient (Wildman–Crippen LogP) is 5.64. The Morgan fingerprint density at radius 1 is 0.794 bits per heavy atom. The molecule has 6 heteroatoms. The van der Waals surface area contributed by atoms with Gasteiger partial charge in [0.1, 0.15) is 18.1 Å². The van der Waals surface area contributed by atoms with Gasteiger partial charge in [0.25, 0.3) is 5.91 Å². The van der Waals surface area contributed by atoms with Crippen molar-refractivity contribution in [3.05, 3.63) is 126 Å². The lowest BCUT2D eigenvalue weighted by atomic mass is 10.1. The molecule has 2 aromatic carbocycles. The molecule has 5 rings (SSSR count). The lowest BCUT2D eigenvalue weighted by molar-refractivity contribution is 0.0693. The van der Waals surface area contributed by atoms with Crippen molar-refractivity contribution >= 4 is 16.7 Å². The van der Waals surface area contributed by atoms with Gasteiger partial charge in [0, 0.05) is 37.9 Å². The first-order valence-electron chi connectivity index (χ1n) is 11.0. The van der Waals surface area contributed by atoms with Crippen LogP contribution >= 0.6 is 0 Å². The summed E-state index contributed by atoms with van der Waals surface area (Å²) in [5, 5.41) is 2.26. The highest BCUT2D eigenvalue weighted by Crippen LogP contribution is 2.22. The van der Waals surface area contributed by atoms with Crippen LogP contribution in [0.2, 0.25) is 0 Å². The Balaban J connectivity index is 1.30. The molecular weight excluding hydrogens is 426 g/mol. The number of ether oxygens (including phenoxy) is 1. The van der Waals surface area contributed by atoms with E-state index in [1.165, 1.54) is 0 Å². The van der Waals surface area contributed by atoms with Crippen molar-refractivity contribution in [1.82, 2.24) is 14.9 Å². The molecule has 6 nitrogen and oxygen atoms in total. The van der Waals surface area contributed by atoms with Crippen LogP contribution < -0.4 is 4.74 Å². The number of benzene rings is 2. The fraction of sp³-hybridized carbons (Fsp3) is 0.107. The Kier molecular flexibility index (Phi) is 6.29. The minimum Gasteiger partial charge on any atom is -0.486 e. The summed E-state index contributed by atoms with van der Waals surface area (Å²) in [4.78, 5) is 23.3. The molecule has 0 aliphatic carbocycles. The van der Waals surface area contributed by atoms with Gasteiger partial charge < -0.3 is 14.1 Å². The molecule has 0 N–H and O–H groups in total. The molecule has 0 saturated heterocycles. The number of aromatic nitrogens is 2. The van der Waals surface area contributed by atoms with Crippen LogP contribution in [-0.4, -0.2) is 20.8 Å². The summed E-state index contributed by atoms with van der Waals surface area (Å²) >= 11 is 0. The highest BCUT2D eigenvalue weighted by atomic mass is 16.5. The summed E-state index contributed by atoms with van der Waals surface area (Å²) in [6.07, 6.45) is 6.92. The molecule has 1 amide bonds. The van der Waals surface area contributed by atoms with Gasteiger partial charge in [-0.2, -0.15) is 0 Å². The van der Waals surface area contributed by atoms with E-state index in [-0.39, 0.29) is 18.3 Å². The van der Waals surface area contributed by atoms with E-state index >= 15 is 0 Å². The number of hydrogen-bond donors (Lipinski definition) is 0. The zero-order chi connectivity index (χ0) is 23.2. The monoisotopic (exact) mass is 449 g/mol. The van der Waals surface area contributed by atoms with Crippen LogP contribution in [-0.2, 0) is 19.7 Å². The highest BCUT2D eigenvalue weighted by molar-refractivity contribution is 5.91. The van der Waals surface area contributed by atoms with Crippen molar-refractivity contribution in [3.63, 3.8) is 0 Å². The van der Waals surface area contributed by atoms with Crippen LogP contribution in [0.3, 0.4) is 0 Å². The number of rotatable bonds is 8. The van der Waals surface area contributed by atoms with Crippen molar-refractivity contribution in [1.29, 1.82) is 0 Å². The smallest absolute Gasteiger partial charge is 0.290 e. The third-order valence-electron chi connectivity index (χ3n) is 5.48. The molecule has 0 bridgehead atoms. The van der Waals surface area contributed by atoms with Crippen molar-refractivity contribution in [2.45, 2.75) is 19.7 Å². The zero-order valence-corrected chi connectivity index (χ0v) is 18.5. The number of carbonyl (C=O) groups is 1. The number of nitrogens with zero attached hydrogens (tertiary/aromatic N) is 3. The van der Waals surface area contributed by atoms with Crippen LogP contribution in [0.5, 0.6) is 5.75 Å². The van der Waals surface area contributed by atoms with Crippen molar-refractivity contribution in [3.8, 4) is 5.75 Å². The molecular formula is C28H23N3O3. The Morgan fingerprint density at radius 2 is 1.62 bits per heavy atom. The summed E-state index contributed by atoms with van der Waals surface area (Å²) in [6, 6.07) is 25.2. The second-order valence-corrected chi connectivity index (χ2v) is 7.94. The van der Waals surface area contributed by atoms with E-state index in [9.17, 15) is 4.79 Å². The third kappa shape index (κ3) is 5.13. The van der Waals surface area contributed by atoms with Crippen LogP contribution in [0, 0.1) is 0 Å². The minimum absolute atomic E-state index is 0.197. The van der Waals surface area contributed by atoms with Gasteiger partial charge in [-0.25, -0.2) is 0 Å². The lowest BCUT2D eigenvalue weighted by Crippen LogP contribution is -2.30. The van der Waals surface area contributed by atoms with Crippen molar-refractivity contribution in [2.24, 2.45) is 0 Å². The Morgan fingerprint density at radius 3 is 2.44 bits per heavy atom. The van der Waals surface area contributed by atoms with Gasteiger partial charge in [-0.15, -0.1) is 0 Å². The average molecular weight is 450 g/mol. The SMILES string of the molecule is O=C(c1ccc(COc2ccc3ccccc3c2)o1)N(Cc1ccncc1)Cc1cccnc1. The molecule has 3 heterocycles. The highest BCUT2D eigenvalue weighted by Gasteiger charge is 2.20. The molecule has 0 aliphatic heterocycles. The van der Waals surface area contributed by atoms with Gasteiger partial charge in [0.15, 0.2) is 5.76 Å². The standard InChI is InChI=1S/C28H23N3O3/c32-28(31(18-21-11-14-29-15-12-21)19-22-4-3-13-30-17-22)27-10-9-26(34-27)20-33-25-8-7-23-5-1-2-6-24(23)16-25/h1-17H,18-20H2. The van der Waals surface area contributed by atoms with Crippen LogP contribution in [0.15, 0.2) is 108 Å². The van der Waals surface area contributed by atoms with E-state index in [2.05, 4.69) is 16.0 Å². The maximum Gasteiger partial charge on any atom is 0.290 e. The molecule has 0 aliphatic rings. The predicted molar refractivity (Wildman–Crippen MR) is 129 cm³/mol. The minimum atomic E-state index is -0.197. The second kappa shape index (κ2) is 10.0. The largest absolute Gasteiger partial charge is 0.486 e. The molecule has 0 saturated carbocycles. The van der Waals surface area contributed by atoms with Gasteiger partial charge in [0.2, 0.25) is 0 Å². The first-order chi connectivity index (χ1) is 16.7. The number of hydrogen-bond acceptors (Lipinski definition) is 5. The number of amides is 1. The maximum atomic E-state index is 13.3. The lowest BCUT2D eigenvalue weighted by Gasteiger charge is -2.22. The fourth-order valence-electron chi connectivity index (χ4n) is 3.76. The first-order valence-corrected chi connectivity index (χ1v) is 11.0. The van der Waals surface area contributed by atoms with Crippen molar-refractivity contribution < 1.29 is 13.9 Å². The maximum absolute atomic E-state index is 13.3. The molecule has 0 spiro atoms. The van der Waals surface area contributed by atoms with Gasteiger partial charge in [-0.1, -0.05) is 36.4 Å². The van der Waals surface area contributed by atoms with Gasteiger partial charge in [0.05, 0.1) is 0 Å². The Hall–Kier alpha value is -4.45.